The van der Waals surface area contributed by atoms with Crippen LogP contribution >= 0.6 is 15.6 Å². The number of unbranched alkanes of at least 4 members (excludes halogenated alkanes) is 32. The maximum atomic E-state index is 13.0. The zero-order chi connectivity index (χ0) is 66.1. The van der Waals surface area contributed by atoms with Crippen molar-refractivity contribution in [2.24, 2.45) is 23.7 Å². The van der Waals surface area contributed by atoms with E-state index in [1.54, 1.807) is 0 Å². The monoisotopic (exact) mass is 1310 g/mol. The first-order chi connectivity index (χ1) is 42.6. The highest BCUT2D eigenvalue weighted by atomic mass is 31.2. The molecule has 0 amide bonds. The van der Waals surface area contributed by atoms with Crippen LogP contribution in [0.4, 0.5) is 0 Å². The van der Waals surface area contributed by atoms with Gasteiger partial charge in [0.2, 0.25) is 0 Å². The summed E-state index contributed by atoms with van der Waals surface area (Å²) in [6, 6.07) is 0. The largest absolute Gasteiger partial charge is 0.472 e. The van der Waals surface area contributed by atoms with Crippen LogP contribution in [-0.4, -0.2) is 96.7 Å². The second-order valence-corrected chi connectivity index (χ2v) is 29.8. The Hall–Kier alpha value is -1.94. The molecule has 0 bridgehead atoms. The Bertz CT molecular complexity index is 1770. The van der Waals surface area contributed by atoms with E-state index in [-0.39, 0.29) is 25.7 Å². The molecule has 3 N–H and O–H groups in total. The van der Waals surface area contributed by atoms with Crippen molar-refractivity contribution >= 4 is 39.5 Å². The van der Waals surface area contributed by atoms with Gasteiger partial charge in [0.05, 0.1) is 26.4 Å². The van der Waals surface area contributed by atoms with Gasteiger partial charge in [-0.15, -0.1) is 0 Å². The summed E-state index contributed by atoms with van der Waals surface area (Å²) in [5, 5.41) is 10.6. The molecule has 19 heteroatoms. The van der Waals surface area contributed by atoms with Crippen molar-refractivity contribution in [3.8, 4) is 0 Å². The maximum Gasteiger partial charge on any atom is 0.472 e. The Balaban J connectivity index is 5.24. The standard InChI is InChI=1S/C70H136O17P2/c1-9-63(8)49-41-33-27-29-37-45-53-70(75)87-66(57-81-68(73)51-43-35-28-26-32-40-48-62(6)7)59-85-89(78,79)83-55-64(71)54-82-88(76,77)84-58-65(86-69(74)52-44-36-25-21-17-13-15-19-23-31-39-47-61(4)5)56-80-67(72)50-42-34-24-20-16-12-10-11-14-18-22-30-38-46-60(2)3/h60-66,71H,9-59H2,1-8H3,(H,76,77)(H,78,79)/t63?,64-,65-,66-/m1/s1. The van der Waals surface area contributed by atoms with Crippen LogP contribution in [-0.2, 0) is 65.4 Å². The van der Waals surface area contributed by atoms with Gasteiger partial charge >= 0.3 is 39.5 Å². The van der Waals surface area contributed by atoms with Gasteiger partial charge in [0, 0.05) is 25.7 Å². The third kappa shape index (κ3) is 63.2. The van der Waals surface area contributed by atoms with E-state index in [1.807, 2.05) is 0 Å². The summed E-state index contributed by atoms with van der Waals surface area (Å²) in [6.45, 7) is 14.0. The van der Waals surface area contributed by atoms with Crippen molar-refractivity contribution in [2.75, 3.05) is 39.6 Å². The molecule has 0 aliphatic carbocycles. The van der Waals surface area contributed by atoms with Gasteiger partial charge in [-0.1, -0.05) is 293 Å². The SMILES string of the molecule is CCC(C)CCCCCCCCC(=O)O[C@H](COC(=O)CCCCCCCCC(C)C)COP(=O)(O)OC[C@H](O)COP(=O)(O)OC[C@@H](COC(=O)CCCCCCCCCCCCCCCC(C)C)OC(=O)CCCCCCCCCCCCCC(C)C. The van der Waals surface area contributed by atoms with E-state index in [0.717, 1.165) is 114 Å². The van der Waals surface area contributed by atoms with Crippen LogP contribution in [0.2, 0.25) is 0 Å². The van der Waals surface area contributed by atoms with Crippen molar-refractivity contribution in [2.45, 2.75) is 363 Å². The predicted octanol–water partition coefficient (Wildman–Crippen LogP) is 19.7. The highest BCUT2D eigenvalue weighted by Crippen LogP contribution is 2.45. The van der Waals surface area contributed by atoms with Gasteiger partial charge in [-0.2, -0.15) is 0 Å². The van der Waals surface area contributed by atoms with Gasteiger partial charge in [0.1, 0.15) is 19.3 Å². The zero-order valence-corrected chi connectivity index (χ0v) is 59.8. The van der Waals surface area contributed by atoms with Crippen LogP contribution in [0.1, 0.15) is 344 Å². The molecule has 0 aromatic carbocycles. The number of ether oxygens (including phenoxy) is 4. The summed E-state index contributed by atoms with van der Waals surface area (Å²) in [6.07, 6.45) is 41.9. The Kier molecular flexibility index (Phi) is 58.5. The summed E-state index contributed by atoms with van der Waals surface area (Å²) < 4.78 is 68.2. The Morgan fingerprint density at radius 3 is 0.798 bits per heavy atom. The van der Waals surface area contributed by atoms with Gasteiger partial charge in [0.15, 0.2) is 12.2 Å². The van der Waals surface area contributed by atoms with Gasteiger partial charge < -0.3 is 33.8 Å². The Morgan fingerprint density at radius 2 is 0.539 bits per heavy atom. The Morgan fingerprint density at radius 1 is 0.315 bits per heavy atom. The maximum absolute atomic E-state index is 13.0. The zero-order valence-electron chi connectivity index (χ0n) is 58.1. The molecule has 0 aromatic heterocycles. The van der Waals surface area contributed by atoms with Crippen LogP contribution in [0, 0.1) is 23.7 Å². The lowest BCUT2D eigenvalue weighted by atomic mass is 10.00. The van der Waals surface area contributed by atoms with Crippen LogP contribution in [0.15, 0.2) is 0 Å². The lowest BCUT2D eigenvalue weighted by Crippen LogP contribution is -2.30. The third-order valence-electron chi connectivity index (χ3n) is 16.4. The molecule has 0 spiro atoms. The molecule has 3 unspecified atom stereocenters. The minimum Gasteiger partial charge on any atom is -0.462 e. The topological polar surface area (TPSA) is 237 Å². The van der Waals surface area contributed by atoms with E-state index >= 15 is 0 Å². The van der Waals surface area contributed by atoms with Crippen LogP contribution in [0.25, 0.3) is 0 Å². The number of aliphatic hydroxyl groups excluding tert-OH is 1. The fourth-order valence-corrected chi connectivity index (χ4v) is 12.0. The lowest BCUT2D eigenvalue weighted by Gasteiger charge is -2.21. The van der Waals surface area contributed by atoms with Crippen molar-refractivity contribution in [1.29, 1.82) is 0 Å². The Labute approximate surface area is 543 Å². The quantitative estimate of drug-likeness (QED) is 0.0222. The molecule has 89 heavy (non-hydrogen) atoms. The summed E-state index contributed by atoms with van der Waals surface area (Å²) >= 11 is 0. The highest BCUT2D eigenvalue weighted by Gasteiger charge is 2.30. The summed E-state index contributed by atoms with van der Waals surface area (Å²) in [5.41, 5.74) is 0. The number of rotatable bonds is 67. The minimum absolute atomic E-state index is 0.101. The summed E-state index contributed by atoms with van der Waals surface area (Å²) in [5.74, 6) is 0.823. The minimum atomic E-state index is -4.95. The number of aliphatic hydroxyl groups is 1. The molecule has 0 fully saturated rings. The van der Waals surface area contributed by atoms with Crippen molar-refractivity contribution in [1.82, 2.24) is 0 Å². The third-order valence-corrected chi connectivity index (χ3v) is 18.3. The van der Waals surface area contributed by atoms with Crippen molar-refractivity contribution < 1.29 is 80.2 Å². The second kappa shape index (κ2) is 59.8. The number of hydrogen-bond donors (Lipinski definition) is 3. The highest BCUT2D eigenvalue weighted by molar-refractivity contribution is 7.47. The molecular weight excluding hydrogens is 1170 g/mol. The average molecular weight is 1310 g/mol. The van der Waals surface area contributed by atoms with Gasteiger partial charge in [0.25, 0.3) is 0 Å². The molecular formula is C70H136O17P2. The smallest absolute Gasteiger partial charge is 0.462 e. The molecule has 0 aliphatic heterocycles. The average Bonchev–Trinajstić information content (AvgIpc) is 3.64. The molecule has 528 valence electrons. The van der Waals surface area contributed by atoms with Gasteiger partial charge in [-0.05, 0) is 49.4 Å². The fourth-order valence-electron chi connectivity index (χ4n) is 10.5. The predicted molar refractivity (Wildman–Crippen MR) is 358 cm³/mol. The van der Waals surface area contributed by atoms with E-state index in [9.17, 15) is 43.2 Å². The van der Waals surface area contributed by atoms with Crippen molar-refractivity contribution in [3.63, 3.8) is 0 Å². The normalized spacial score (nSPS) is 14.6. The first-order valence-corrected chi connectivity index (χ1v) is 39.2. The lowest BCUT2D eigenvalue weighted by molar-refractivity contribution is -0.161. The number of phosphoric acid groups is 2. The molecule has 0 saturated heterocycles. The molecule has 0 heterocycles. The molecule has 0 rings (SSSR count). The van der Waals surface area contributed by atoms with Crippen molar-refractivity contribution in [3.05, 3.63) is 0 Å². The molecule has 6 atom stereocenters. The van der Waals surface area contributed by atoms with E-state index < -0.39 is 97.5 Å². The van der Waals surface area contributed by atoms with E-state index in [1.165, 1.54) is 141 Å². The number of carbonyl (C=O) groups is 4. The fraction of sp³-hybridized carbons (Fsp3) is 0.943. The van der Waals surface area contributed by atoms with Crippen LogP contribution in [0.5, 0.6) is 0 Å². The summed E-state index contributed by atoms with van der Waals surface area (Å²) in [4.78, 5) is 72.5. The number of carbonyl (C=O) groups excluding carboxylic acids is 4. The molecule has 0 aliphatic rings. The first kappa shape index (κ1) is 87.1. The molecule has 17 nitrogen and oxygen atoms in total. The van der Waals surface area contributed by atoms with Gasteiger partial charge in [-0.25, -0.2) is 9.13 Å². The molecule has 0 radical (unpaired) electrons. The van der Waals surface area contributed by atoms with Crippen LogP contribution in [0.3, 0.4) is 0 Å². The first-order valence-electron chi connectivity index (χ1n) is 36.2. The van der Waals surface area contributed by atoms with Crippen LogP contribution < -0.4 is 0 Å². The van der Waals surface area contributed by atoms with E-state index in [0.29, 0.717) is 31.6 Å². The molecule has 0 aromatic rings. The number of hydrogen-bond acceptors (Lipinski definition) is 15. The molecule has 0 saturated carbocycles. The second-order valence-electron chi connectivity index (χ2n) is 26.9. The van der Waals surface area contributed by atoms with Gasteiger partial charge in [-0.3, -0.25) is 37.3 Å². The number of phosphoric ester groups is 2. The van der Waals surface area contributed by atoms with E-state index in [4.69, 9.17) is 37.0 Å². The van der Waals surface area contributed by atoms with E-state index in [2.05, 4.69) is 55.4 Å². The summed E-state index contributed by atoms with van der Waals surface area (Å²) in [7, 11) is -9.90. The number of esters is 4.